The van der Waals surface area contributed by atoms with Crippen molar-refractivity contribution < 1.29 is 4.79 Å². The van der Waals surface area contributed by atoms with Crippen LogP contribution in [-0.2, 0) is 4.79 Å². The van der Waals surface area contributed by atoms with E-state index in [1.807, 2.05) is 61.5 Å². The zero-order valence-electron chi connectivity index (χ0n) is 12.7. The van der Waals surface area contributed by atoms with Crippen LogP contribution in [0.5, 0.6) is 0 Å². The highest BCUT2D eigenvalue weighted by atomic mass is 16.2. The third-order valence-corrected chi connectivity index (χ3v) is 3.26. The van der Waals surface area contributed by atoms with E-state index in [0.29, 0.717) is 11.7 Å². The van der Waals surface area contributed by atoms with Gasteiger partial charge < -0.3 is 0 Å². The van der Waals surface area contributed by atoms with Gasteiger partial charge in [-0.1, -0.05) is 60.2 Å². The fourth-order valence-corrected chi connectivity index (χ4v) is 2.05. The number of amides is 1. The van der Waals surface area contributed by atoms with Crippen molar-refractivity contribution in [3.63, 3.8) is 0 Å². The third kappa shape index (κ3) is 3.91. The highest BCUT2D eigenvalue weighted by molar-refractivity contribution is 6.13. The summed E-state index contributed by atoms with van der Waals surface area (Å²) in [5.41, 5.74) is 6.14. The molecule has 2 aromatic rings. The van der Waals surface area contributed by atoms with Gasteiger partial charge in [-0.15, -0.1) is 0 Å². The number of guanidine groups is 1. The molecule has 0 radical (unpaired) electrons. The first-order valence-corrected chi connectivity index (χ1v) is 7.23. The molecule has 0 aliphatic carbocycles. The Morgan fingerprint density at radius 3 is 2.52 bits per heavy atom. The summed E-state index contributed by atoms with van der Waals surface area (Å²) in [5.74, 6) is 0.0727. The molecule has 0 saturated carbocycles. The lowest BCUT2D eigenvalue weighted by atomic mass is 10.1. The van der Waals surface area contributed by atoms with E-state index in [4.69, 9.17) is 0 Å². The van der Waals surface area contributed by atoms with E-state index in [9.17, 15) is 4.79 Å². The van der Waals surface area contributed by atoms with Gasteiger partial charge in [-0.05, 0) is 24.1 Å². The summed E-state index contributed by atoms with van der Waals surface area (Å²) < 4.78 is 0. The van der Waals surface area contributed by atoms with Gasteiger partial charge in [0.25, 0.3) is 5.91 Å². The zero-order chi connectivity index (χ0) is 16.1. The molecule has 1 aliphatic rings. The molecule has 1 heterocycles. The van der Waals surface area contributed by atoms with Crippen LogP contribution in [0.1, 0.15) is 16.7 Å². The lowest BCUT2D eigenvalue weighted by molar-refractivity contribution is -0.115. The predicted molar refractivity (Wildman–Crippen MR) is 91.9 cm³/mol. The summed E-state index contributed by atoms with van der Waals surface area (Å²) >= 11 is 0. The average Bonchev–Trinajstić information content (AvgIpc) is 2.90. The summed E-state index contributed by atoms with van der Waals surface area (Å²) in [7, 11) is 0. The molecule has 23 heavy (non-hydrogen) atoms. The van der Waals surface area contributed by atoms with Gasteiger partial charge in [0, 0.05) is 0 Å². The van der Waals surface area contributed by atoms with E-state index in [1.54, 1.807) is 12.3 Å². The first-order chi connectivity index (χ1) is 11.2. The molecule has 5 nitrogen and oxygen atoms in total. The number of hydrogen-bond donors (Lipinski definition) is 2. The van der Waals surface area contributed by atoms with Crippen molar-refractivity contribution in [2.75, 3.05) is 0 Å². The van der Waals surface area contributed by atoms with E-state index in [2.05, 4.69) is 20.8 Å². The highest BCUT2D eigenvalue weighted by Gasteiger charge is 2.19. The minimum absolute atomic E-state index is 0.247. The Morgan fingerprint density at radius 1 is 1.04 bits per heavy atom. The molecule has 0 bridgehead atoms. The van der Waals surface area contributed by atoms with Gasteiger partial charge in [0.05, 0.1) is 6.21 Å². The lowest BCUT2D eigenvalue weighted by Gasteiger charge is -1.97. The number of aryl methyl sites for hydroxylation is 1. The predicted octanol–water partition coefficient (Wildman–Crippen LogP) is 2.45. The van der Waals surface area contributed by atoms with Gasteiger partial charge in [0.2, 0.25) is 5.96 Å². The molecule has 0 fully saturated rings. The Labute approximate surface area is 134 Å². The third-order valence-electron chi connectivity index (χ3n) is 3.26. The number of benzene rings is 2. The Bertz CT molecular complexity index is 790. The van der Waals surface area contributed by atoms with Crippen molar-refractivity contribution in [3.8, 4) is 0 Å². The molecular weight excluding hydrogens is 288 g/mol. The second-order valence-electron chi connectivity index (χ2n) is 5.14. The summed E-state index contributed by atoms with van der Waals surface area (Å²) in [5, 5.41) is 6.70. The van der Waals surface area contributed by atoms with Crippen LogP contribution in [0.3, 0.4) is 0 Å². The van der Waals surface area contributed by atoms with Crippen molar-refractivity contribution in [2.24, 2.45) is 10.1 Å². The zero-order valence-corrected chi connectivity index (χ0v) is 12.7. The van der Waals surface area contributed by atoms with Crippen LogP contribution >= 0.6 is 0 Å². The molecule has 2 N–H and O–H groups in total. The van der Waals surface area contributed by atoms with Crippen LogP contribution in [0.15, 0.2) is 70.4 Å². The van der Waals surface area contributed by atoms with Crippen LogP contribution in [0, 0.1) is 6.92 Å². The van der Waals surface area contributed by atoms with E-state index in [0.717, 1.165) is 11.1 Å². The summed E-state index contributed by atoms with van der Waals surface area (Å²) in [4.78, 5) is 16.1. The maximum atomic E-state index is 11.9. The fraction of sp³-hybridized carbons (Fsp3) is 0.0556. The summed E-state index contributed by atoms with van der Waals surface area (Å²) in [6, 6.07) is 17.5. The maximum Gasteiger partial charge on any atom is 0.276 e. The Balaban J connectivity index is 1.69. The van der Waals surface area contributed by atoms with Crippen molar-refractivity contribution in [1.29, 1.82) is 0 Å². The van der Waals surface area contributed by atoms with Crippen molar-refractivity contribution in [3.05, 3.63) is 77.0 Å². The largest absolute Gasteiger partial charge is 0.289 e. The molecule has 2 aromatic carbocycles. The van der Waals surface area contributed by atoms with E-state index < -0.39 is 0 Å². The number of carbonyl (C=O) groups excluding carboxylic acids is 1. The lowest BCUT2D eigenvalue weighted by Crippen LogP contribution is -2.33. The smallest absolute Gasteiger partial charge is 0.276 e. The first-order valence-electron chi connectivity index (χ1n) is 7.23. The minimum atomic E-state index is -0.247. The normalized spacial score (nSPS) is 15.8. The van der Waals surface area contributed by atoms with Crippen LogP contribution in [-0.4, -0.2) is 18.1 Å². The van der Waals surface area contributed by atoms with Gasteiger partial charge in [-0.3, -0.25) is 10.1 Å². The Hall–Kier alpha value is -3.21. The minimum Gasteiger partial charge on any atom is -0.289 e. The molecule has 1 aliphatic heterocycles. The molecule has 5 heteroatoms. The summed E-state index contributed by atoms with van der Waals surface area (Å²) in [6.07, 6.45) is 3.40. The van der Waals surface area contributed by atoms with Crippen LogP contribution < -0.4 is 10.7 Å². The van der Waals surface area contributed by atoms with Gasteiger partial charge in [0.15, 0.2) is 0 Å². The van der Waals surface area contributed by atoms with Crippen molar-refractivity contribution >= 4 is 24.2 Å². The number of nitrogens with zero attached hydrogens (tertiary/aromatic N) is 2. The molecule has 3 rings (SSSR count). The number of aliphatic imine (C=N–C) groups is 1. The highest BCUT2D eigenvalue weighted by Crippen LogP contribution is 2.12. The van der Waals surface area contributed by atoms with E-state index in [1.165, 1.54) is 5.56 Å². The topological polar surface area (TPSA) is 65.8 Å². The van der Waals surface area contributed by atoms with Crippen molar-refractivity contribution in [2.45, 2.75) is 6.92 Å². The monoisotopic (exact) mass is 304 g/mol. The van der Waals surface area contributed by atoms with Crippen LogP contribution in [0.4, 0.5) is 0 Å². The fourth-order valence-electron chi connectivity index (χ4n) is 2.05. The number of rotatable bonds is 3. The maximum absolute atomic E-state index is 11.9. The molecule has 0 saturated heterocycles. The molecule has 114 valence electrons. The quantitative estimate of drug-likeness (QED) is 0.519. The first kappa shape index (κ1) is 14.7. The van der Waals surface area contributed by atoms with Crippen LogP contribution in [0.25, 0.3) is 6.08 Å². The molecule has 0 spiro atoms. The number of hydrazone groups is 1. The standard InChI is InChI=1S/C18H16N4O/c1-13-7-9-14(10-8-13)11-16-17(23)21-18(20-16)22-19-12-15-5-3-2-4-6-15/h2-12H,1H3,(H2,20,21,22,23)/b16-11+,19-12-. The SMILES string of the molecule is Cc1ccc(/C=C2/N=C(N/N=C\c3ccccc3)NC2=O)cc1. The molecule has 0 atom stereocenters. The second kappa shape index (κ2) is 6.70. The number of hydrogen-bond acceptors (Lipinski definition) is 4. The van der Waals surface area contributed by atoms with Crippen LogP contribution in [0.2, 0.25) is 0 Å². The molecular formula is C18H16N4O. The van der Waals surface area contributed by atoms with Gasteiger partial charge >= 0.3 is 0 Å². The Kier molecular flexibility index (Phi) is 4.29. The average molecular weight is 304 g/mol. The van der Waals surface area contributed by atoms with E-state index >= 15 is 0 Å². The number of carbonyl (C=O) groups is 1. The molecule has 0 aromatic heterocycles. The van der Waals surface area contributed by atoms with Gasteiger partial charge in [-0.25, -0.2) is 10.4 Å². The summed E-state index contributed by atoms with van der Waals surface area (Å²) in [6.45, 7) is 2.02. The van der Waals surface area contributed by atoms with Gasteiger partial charge in [-0.2, -0.15) is 5.10 Å². The second-order valence-corrected chi connectivity index (χ2v) is 5.14. The molecule has 0 unspecified atom stereocenters. The Morgan fingerprint density at radius 2 is 1.78 bits per heavy atom. The number of nitrogens with one attached hydrogen (secondary N) is 2. The molecule has 1 amide bonds. The van der Waals surface area contributed by atoms with E-state index in [-0.39, 0.29) is 5.91 Å². The van der Waals surface area contributed by atoms with Gasteiger partial charge in [0.1, 0.15) is 5.70 Å². The van der Waals surface area contributed by atoms with Crippen molar-refractivity contribution in [1.82, 2.24) is 10.7 Å².